The monoisotopic (exact) mass is 199 g/mol. The standard InChI is InChI=1S/C12H13N3/c13-12-14-10-7-3-5-8-4-1-2-6-9(8)11(10)15-12/h1-2,4,6H,3,5,7H2,(H3,13,14,15). The van der Waals surface area contributed by atoms with Crippen LogP contribution in [0.3, 0.4) is 0 Å². The van der Waals surface area contributed by atoms with E-state index in [2.05, 4.69) is 34.2 Å². The summed E-state index contributed by atoms with van der Waals surface area (Å²) in [6.45, 7) is 0. The molecule has 0 radical (unpaired) electrons. The van der Waals surface area contributed by atoms with Gasteiger partial charge in [-0.2, -0.15) is 0 Å². The van der Waals surface area contributed by atoms with Crippen LogP contribution in [-0.2, 0) is 12.8 Å². The molecule has 0 amide bonds. The number of nitrogens with two attached hydrogens (primary N) is 1. The van der Waals surface area contributed by atoms with Crippen LogP contribution < -0.4 is 5.73 Å². The SMILES string of the molecule is Nc1nc2c([nH]1)CCCc1ccccc1-2. The highest BCUT2D eigenvalue weighted by atomic mass is 15.0. The van der Waals surface area contributed by atoms with Gasteiger partial charge < -0.3 is 10.7 Å². The summed E-state index contributed by atoms with van der Waals surface area (Å²) >= 11 is 0. The van der Waals surface area contributed by atoms with Gasteiger partial charge in [0.25, 0.3) is 0 Å². The molecule has 0 saturated heterocycles. The van der Waals surface area contributed by atoms with Crippen LogP contribution >= 0.6 is 0 Å². The molecule has 3 nitrogen and oxygen atoms in total. The van der Waals surface area contributed by atoms with Gasteiger partial charge in [-0.15, -0.1) is 0 Å². The van der Waals surface area contributed by atoms with Crippen LogP contribution in [0.15, 0.2) is 24.3 Å². The summed E-state index contributed by atoms with van der Waals surface area (Å²) in [5, 5.41) is 0. The second-order valence-electron chi connectivity index (χ2n) is 3.96. The maximum atomic E-state index is 5.70. The predicted molar refractivity (Wildman–Crippen MR) is 60.5 cm³/mol. The average Bonchev–Trinajstić information content (AvgIpc) is 2.52. The molecular formula is C12H13N3. The van der Waals surface area contributed by atoms with E-state index in [0.717, 1.165) is 25.0 Å². The van der Waals surface area contributed by atoms with Crippen LogP contribution in [0.5, 0.6) is 0 Å². The molecule has 0 unspecified atom stereocenters. The molecule has 0 aliphatic heterocycles. The van der Waals surface area contributed by atoms with Crippen molar-refractivity contribution in [2.75, 3.05) is 5.73 Å². The van der Waals surface area contributed by atoms with Crippen molar-refractivity contribution in [3.63, 3.8) is 0 Å². The van der Waals surface area contributed by atoms with Gasteiger partial charge in [0.05, 0.1) is 5.69 Å². The zero-order valence-electron chi connectivity index (χ0n) is 8.46. The van der Waals surface area contributed by atoms with Crippen LogP contribution in [0, 0.1) is 0 Å². The number of aromatic amines is 1. The van der Waals surface area contributed by atoms with Crippen LogP contribution in [0.4, 0.5) is 5.95 Å². The van der Waals surface area contributed by atoms with E-state index in [9.17, 15) is 0 Å². The smallest absolute Gasteiger partial charge is 0.198 e. The second-order valence-corrected chi connectivity index (χ2v) is 3.96. The molecule has 1 aromatic carbocycles. The number of fused-ring (bicyclic) bond motifs is 3. The fraction of sp³-hybridized carbons (Fsp3) is 0.250. The van der Waals surface area contributed by atoms with Gasteiger partial charge in [-0.1, -0.05) is 24.3 Å². The Bertz CT molecular complexity index is 499. The van der Waals surface area contributed by atoms with Crippen LogP contribution in [0.1, 0.15) is 17.7 Å². The van der Waals surface area contributed by atoms with E-state index in [1.165, 1.54) is 16.8 Å². The third-order valence-electron chi connectivity index (χ3n) is 2.94. The number of hydrogen-bond donors (Lipinski definition) is 2. The number of aromatic nitrogens is 2. The Morgan fingerprint density at radius 3 is 3.00 bits per heavy atom. The van der Waals surface area contributed by atoms with E-state index in [1.54, 1.807) is 0 Å². The topological polar surface area (TPSA) is 54.7 Å². The van der Waals surface area contributed by atoms with Gasteiger partial charge in [-0.3, -0.25) is 0 Å². The number of nitrogens with one attached hydrogen (secondary N) is 1. The van der Waals surface area contributed by atoms with Crippen molar-refractivity contribution in [1.29, 1.82) is 0 Å². The van der Waals surface area contributed by atoms with Gasteiger partial charge in [0.15, 0.2) is 5.95 Å². The minimum atomic E-state index is 0.525. The van der Waals surface area contributed by atoms with Gasteiger partial charge in [0, 0.05) is 11.3 Å². The molecular weight excluding hydrogens is 186 g/mol. The highest BCUT2D eigenvalue weighted by Crippen LogP contribution is 2.30. The van der Waals surface area contributed by atoms with E-state index in [1.807, 2.05) is 0 Å². The molecule has 1 heterocycles. The minimum absolute atomic E-state index is 0.525. The normalized spacial score (nSPS) is 14.1. The number of anilines is 1. The van der Waals surface area contributed by atoms with Crippen molar-refractivity contribution < 1.29 is 0 Å². The van der Waals surface area contributed by atoms with E-state index in [-0.39, 0.29) is 0 Å². The summed E-state index contributed by atoms with van der Waals surface area (Å²) in [4.78, 5) is 7.52. The zero-order chi connectivity index (χ0) is 10.3. The Morgan fingerprint density at radius 1 is 1.20 bits per heavy atom. The second kappa shape index (κ2) is 3.12. The minimum Gasteiger partial charge on any atom is -0.369 e. The first-order chi connectivity index (χ1) is 7.34. The van der Waals surface area contributed by atoms with Crippen LogP contribution in [0.25, 0.3) is 11.3 Å². The molecule has 3 rings (SSSR count). The average molecular weight is 199 g/mol. The van der Waals surface area contributed by atoms with Crippen molar-refractivity contribution >= 4 is 5.95 Å². The number of nitrogens with zero attached hydrogens (tertiary/aromatic N) is 1. The molecule has 1 aliphatic carbocycles. The molecule has 1 aliphatic rings. The predicted octanol–water partition coefficient (Wildman–Crippen LogP) is 2.15. The molecule has 3 N–H and O–H groups in total. The molecule has 0 spiro atoms. The lowest BCUT2D eigenvalue weighted by atomic mass is 10.0. The lowest BCUT2D eigenvalue weighted by Gasteiger charge is -2.03. The van der Waals surface area contributed by atoms with Gasteiger partial charge >= 0.3 is 0 Å². The number of benzene rings is 1. The summed E-state index contributed by atoms with van der Waals surface area (Å²) in [6.07, 6.45) is 3.32. The summed E-state index contributed by atoms with van der Waals surface area (Å²) in [6, 6.07) is 8.44. The Kier molecular flexibility index (Phi) is 1.78. The lowest BCUT2D eigenvalue weighted by Crippen LogP contribution is -1.90. The fourth-order valence-corrected chi connectivity index (χ4v) is 2.26. The number of H-pyrrole nitrogens is 1. The van der Waals surface area contributed by atoms with Crippen molar-refractivity contribution in [2.45, 2.75) is 19.3 Å². The number of imidazole rings is 1. The molecule has 0 fully saturated rings. The quantitative estimate of drug-likeness (QED) is 0.683. The Balaban J connectivity index is 2.26. The first kappa shape index (κ1) is 8.53. The largest absolute Gasteiger partial charge is 0.369 e. The molecule has 0 saturated carbocycles. The fourth-order valence-electron chi connectivity index (χ4n) is 2.26. The maximum absolute atomic E-state index is 5.70. The summed E-state index contributed by atoms with van der Waals surface area (Å²) < 4.78 is 0. The Morgan fingerprint density at radius 2 is 2.07 bits per heavy atom. The zero-order valence-corrected chi connectivity index (χ0v) is 8.46. The summed E-state index contributed by atoms with van der Waals surface area (Å²) in [5.74, 6) is 0.525. The molecule has 0 atom stereocenters. The van der Waals surface area contributed by atoms with E-state index < -0.39 is 0 Å². The molecule has 2 aromatic rings. The van der Waals surface area contributed by atoms with Crippen LogP contribution in [0.2, 0.25) is 0 Å². The van der Waals surface area contributed by atoms with E-state index in [4.69, 9.17) is 5.73 Å². The first-order valence-corrected chi connectivity index (χ1v) is 5.27. The number of aryl methyl sites for hydroxylation is 2. The van der Waals surface area contributed by atoms with Crippen molar-refractivity contribution in [3.8, 4) is 11.3 Å². The first-order valence-electron chi connectivity index (χ1n) is 5.27. The Hall–Kier alpha value is -1.77. The number of hydrogen-bond acceptors (Lipinski definition) is 2. The third-order valence-corrected chi connectivity index (χ3v) is 2.94. The Labute approximate surface area is 88.3 Å². The number of nitrogen functional groups attached to an aromatic ring is 1. The molecule has 3 heteroatoms. The molecule has 0 bridgehead atoms. The van der Waals surface area contributed by atoms with Gasteiger partial charge in [0.2, 0.25) is 0 Å². The van der Waals surface area contributed by atoms with E-state index >= 15 is 0 Å². The highest BCUT2D eigenvalue weighted by molar-refractivity contribution is 5.68. The summed E-state index contributed by atoms with van der Waals surface area (Å²) in [5.41, 5.74) is 10.5. The lowest BCUT2D eigenvalue weighted by molar-refractivity contribution is 0.818. The molecule has 15 heavy (non-hydrogen) atoms. The van der Waals surface area contributed by atoms with E-state index in [0.29, 0.717) is 5.95 Å². The van der Waals surface area contributed by atoms with Gasteiger partial charge in [0.1, 0.15) is 0 Å². The van der Waals surface area contributed by atoms with Gasteiger partial charge in [-0.25, -0.2) is 4.98 Å². The highest BCUT2D eigenvalue weighted by Gasteiger charge is 2.17. The van der Waals surface area contributed by atoms with Crippen molar-refractivity contribution in [3.05, 3.63) is 35.5 Å². The van der Waals surface area contributed by atoms with Gasteiger partial charge in [-0.05, 0) is 24.8 Å². The van der Waals surface area contributed by atoms with Crippen LogP contribution in [-0.4, -0.2) is 9.97 Å². The van der Waals surface area contributed by atoms with Crippen molar-refractivity contribution in [1.82, 2.24) is 9.97 Å². The molecule has 76 valence electrons. The third kappa shape index (κ3) is 1.31. The molecule has 1 aromatic heterocycles. The maximum Gasteiger partial charge on any atom is 0.198 e. The van der Waals surface area contributed by atoms with Crippen molar-refractivity contribution in [2.24, 2.45) is 0 Å². The number of rotatable bonds is 0. The summed E-state index contributed by atoms with van der Waals surface area (Å²) in [7, 11) is 0.